The first-order chi connectivity index (χ1) is 18.4. The Morgan fingerprint density at radius 3 is 2.24 bits per heavy atom. The van der Waals surface area contributed by atoms with Crippen LogP contribution in [0.5, 0.6) is 0 Å². The highest BCUT2D eigenvalue weighted by molar-refractivity contribution is 5.96. The Bertz CT molecular complexity index is 1270. The average Bonchev–Trinajstić information content (AvgIpc) is 3.49. The van der Waals surface area contributed by atoms with Crippen molar-refractivity contribution in [2.45, 2.75) is 26.3 Å². The van der Waals surface area contributed by atoms with Gasteiger partial charge in [0.1, 0.15) is 5.56 Å². The smallest absolute Gasteiger partial charge is 0.319 e. The molecule has 3 amide bonds. The minimum atomic E-state index is -0.219. The number of amides is 3. The second kappa shape index (κ2) is 11.2. The summed E-state index contributed by atoms with van der Waals surface area (Å²) in [5.74, 6) is 0.809. The van der Waals surface area contributed by atoms with Crippen LogP contribution < -0.4 is 15.4 Å². The van der Waals surface area contributed by atoms with Gasteiger partial charge in [0.25, 0.3) is 5.91 Å². The summed E-state index contributed by atoms with van der Waals surface area (Å²) in [6, 6.07) is 20.9. The first kappa shape index (κ1) is 25.7. The number of pyridine rings is 1. The van der Waals surface area contributed by atoms with Crippen LogP contribution in [0.15, 0.2) is 72.9 Å². The lowest BCUT2D eigenvalue weighted by Gasteiger charge is -2.25. The van der Waals surface area contributed by atoms with Gasteiger partial charge in [-0.05, 0) is 48.4 Å². The van der Waals surface area contributed by atoms with Gasteiger partial charge < -0.3 is 25.6 Å². The molecule has 1 aromatic heterocycles. The molecule has 8 heteroatoms. The van der Waals surface area contributed by atoms with Crippen LogP contribution >= 0.6 is 0 Å². The number of fused-ring (bicyclic) bond motifs is 1. The van der Waals surface area contributed by atoms with E-state index in [2.05, 4.69) is 27.7 Å². The maximum Gasteiger partial charge on any atom is 0.319 e. The second-order valence-corrected chi connectivity index (χ2v) is 10.5. The molecule has 0 spiro atoms. The first-order valence-electron chi connectivity index (χ1n) is 13.3. The molecule has 0 saturated carbocycles. The fourth-order valence-electron chi connectivity index (χ4n) is 5.86. The first-order valence-corrected chi connectivity index (χ1v) is 13.3. The molecule has 5 rings (SSSR count). The van der Waals surface area contributed by atoms with Crippen LogP contribution in [0.1, 0.15) is 39.6 Å². The number of nitrogens with zero attached hydrogens (tertiary/aromatic N) is 3. The number of nitrogens with one attached hydrogen (secondary N) is 2. The number of anilines is 1. The molecule has 0 aliphatic carbocycles. The Hall–Kier alpha value is -3.91. The van der Waals surface area contributed by atoms with E-state index in [0.717, 1.165) is 47.6 Å². The van der Waals surface area contributed by atoms with Crippen molar-refractivity contribution in [1.82, 2.24) is 15.1 Å². The van der Waals surface area contributed by atoms with Crippen molar-refractivity contribution >= 4 is 17.6 Å². The average molecular weight is 514 g/mol. The van der Waals surface area contributed by atoms with E-state index >= 15 is 0 Å². The summed E-state index contributed by atoms with van der Waals surface area (Å²) < 4.78 is 0.774. The Kier molecular flexibility index (Phi) is 7.60. The van der Waals surface area contributed by atoms with Gasteiger partial charge in [-0.3, -0.25) is 4.79 Å². The summed E-state index contributed by atoms with van der Waals surface area (Å²) in [7, 11) is 0. The van der Waals surface area contributed by atoms with Gasteiger partial charge in [-0.1, -0.05) is 48.5 Å². The molecule has 198 valence electrons. The predicted molar refractivity (Wildman–Crippen MR) is 147 cm³/mol. The van der Waals surface area contributed by atoms with Gasteiger partial charge >= 0.3 is 6.03 Å². The van der Waals surface area contributed by atoms with Gasteiger partial charge in [-0.15, -0.1) is 0 Å². The molecule has 3 atom stereocenters. The van der Waals surface area contributed by atoms with Gasteiger partial charge in [-0.2, -0.15) is 4.73 Å². The summed E-state index contributed by atoms with van der Waals surface area (Å²) in [5, 5.41) is 18.1. The van der Waals surface area contributed by atoms with Crippen molar-refractivity contribution in [2.24, 2.45) is 11.8 Å². The van der Waals surface area contributed by atoms with Gasteiger partial charge in [0.15, 0.2) is 6.20 Å². The van der Waals surface area contributed by atoms with Crippen molar-refractivity contribution in [3.63, 3.8) is 0 Å². The third-order valence-corrected chi connectivity index (χ3v) is 7.88. The molecule has 3 unspecified atom stereocenters. The van der Waals surface area contributed by atoms with Crippen LogP contribution in [0.25, 0.3) is 0 Å². The standard InChI is InChI=1S/C30H35N5O3/c1-21-13-16-35(38)22(2)28(21)29(36)34-19-24-17-33(18-25(24)20-34)15-14-27(23-9-5-3-6-10-23)32-30(37)31-26-11-7-4-8-12-26/h3-13,16,24-25,27H,14-15,17-20H2,1-2H3,(H2,31,32,37). The lowest BCUT2D eigenvalue weighted by molar-refractivity contribution is -0.612. The zero-order valence-electron chi connectivity index (χ0n) is 22.0. The van der Waals surface area contributed by atoms with E-state index in [-0.39, 0.29) is 18.0 Å². The number of aryl methyl sites for hydroxylation is 1. The van der Waals surface area contributed by atoms with Crippen LogP contribution in [-0.2, 0) is 0 Å². The second-order valence-electron chi connectivity index (χ2n) is 10.5. The molecule has 3 aromatic rings. The van der Waals surface area contributed by atoms with Crippen molar-refractivity contribution < 1.29 is 14.3 Å². The zero-order chi connectivity index (χ0) is 26.6. The summed E-state index contributed by atoms with van der Waals surface area (Å²) >= 11 is 0. The van der Waals surface area contributed by atoms with E-state index in [1.165, 1.54) is 6.20 Å². The predicted octanol–water partition coefficient (Wildman–Crippen LogP) is 3.89. The summed E-state index contributed by atoms with van der Waals surface area (Å²) in [6.45, 7) is 7.75. The Balaban J connectivity index is 1.17. The molecule has 2 N–H and O–H groups in total. The van der Waals surface area contributed by atoms with Crippen LogP contribution in [-0.4, -0.2) is 54.5 Å². The molecule has 38 heavy (non-hydrogen) atoms. The van der Waals surface area contributed by atoms with Crippen LogP contribution in [0.4, 0.5) is 10.5 Å². The summed E-state index contributed by atoms with van der Waals surface area (Å²) in [5.41, 5.74) is 3.67. The Labute approximate surface area is 223 Å². The quantitative estimate of drug-likeness (QED) is 0.370. The molecule has 0 radical (unpaired) electrons. The number of hydrogen-bond donors (Lipinski definition) is 2. The number of hydrogen-bond acceptors (Lipinski definition) is 4. The van der Waals surface area contributed by atoms with Crippen molar-refractivity contribution in [3.8, 4) is 0 Å². The van der Waals surface area contributed by atoms with E-state index in [9.17, 15) is 14.8 Å². The lowest BCUT2D eigenvalue weighted by Crippen LogP contribution is -2.38. The topological polar surface area (TPSA) is 91.6 Å². The molecular weight excluding hydrogens is 478 g/mol. The molecule has 0 bridgehead atoms. The Morgan fingerprint density at radius 2 is 1.58 bits per heavy atom. The number of urea groups is 1. The minimum absolute atomic E-state index is 0.0380. The number of para-hydroxylation sites is 1. The maximum absolute atomic E-state index is 13.3. The summed E-state index contributed by atoms with van der Waals surface area (Å²) in [4.78, 5) is 30.4. The maximum atomic E-state index is 13.3. The molecule has 8 nitrogen and oxygen atoms in total. The lowest BCUT2D eigenvalue weighted by atomic mass is 10.0. The molecular formula is C30H35N5O3. The number of likely N-dealkylation sites (tertiary alicyclic amines) is 2. The number of carbonyl (C=O) groups is 2. The molecule has 2 saturated heterocycles. The molecule has 2 aliphatic rings. The SMILES string of the molecule is Cc1cc[n+]([O-])c(C)c1C(=O)N1CC2CN(CCC(NC(=O)Nc3ccccc3)c3ccccc3)CC2C1. The fourth-order valence-corrected chi connectivity index (χ4v) is 5.86. The van der Waals surface area contributed by atoms with Gasteiger partial charge in [0, 0.05) is 51.4 Å². The molecule has 2 aromatic carbocycles. The molecule has 3 heterocycles. The highest BCUT2D eigenvalue weighted by atomic mass is 16.5. The van der Waals surface area contributed by atoms with Crippen molar-refractivity contribution in [3.05, 3.63) is 101 Å². The Morgan fingerprint density at radius 1 is 0.947 bits per heavy atom. The normalized spacial score (nSPS) is 19.7. The highest BCUT2D eigenvalue weighted by Crippen LogP contribution is 2.33. The minimum Gasteiger partial charge on any atom is -0.618 e. The number of aromatic nitrogens is 1. The molecule has 2 fully saturated rings. The third-order valence-electron chi connectivity index (χ3n) is 7.88. The van der Waals surface area contributed by atoms with E-state index in [1.54, 1.807) is 13.0 Å². The number of carbonyl (C=O) groups excluding carboxylic acids is 2. The van der Waals surface area contributed by atoms with E-state index in [0.29, 0.717) is 36.2 Å². The van der Waals surface area contributed by atoms with Crippen LogP contribution in [0.3, 0.4) is 0 Å². The van der Waals surface area contributed by atoms with Gasteiger partial charge in [0.2, 0.25) is 5.69 Å². The highest BCUT2D eigenvalue weighted by Gasteiger charge is 2.42. The number of rotatable bonds is 7. The van der Waals surface area contributed by atoms with E-state index in [4.69, 9.17) is 0 Å². The van der Waals surface area contributed by atoms with Gasteiger partial charge in [0.05, 0.1) is 6.04 Å². The fraction of sp³-hybridized carbons (Fsp3) is 0.367. The molecule has 2 aliphatic heterocycles. The monoisotopic (exact) mass is 513 g/mol. The third kappa shape index (κ3) is 5.65. The van der Waals surface area contributed by atoms with E-state index < -0.39 is 0 Å². The summed E-state index contributed by atoms with van der Waals surface area (Å²) in [6.07, 6.45) is 2.25. The van der Waals surface area contributed by atoms with Crippen LogP contribution in [0.2, 0.25) is 0 Å². The zero-order valence-corrected chi connectivity index (χ0v) is 22.0. The van der Waals surface area contributed by atoms with Crippen molar-refractivity contribution in [2.75, 3.05) is 38.0 Å². The van der Waals surface area contributed by atoms with E-state index in [1.807, 2.05) is 60.4 Å². The van der Waals surface area contributed by atoms with Crippen LogP contribution in [0, 0.1) is 30.9 Å². The van der Waals surface area contributed by atoms with Gasteiger partial charge in [-0.25, -0.2) is 4.79 Å². The number of benzene rings is 2. The van der Waals surface area contributed by atoms with Crippen molar-refractivity contribution in [1.29, 1.82) is 0 Å². The largest absolute Gasteiger partial charge is 0.618 e.